The third kappa shape index (κ3) is 9.91. The van der Waals surface area contributed by atoms with Gasteiger partial charge in [-0.3, -0.25) is 19.8 Å². The number of thiazole rings is 1. The molecule has 11 N–H and O–H groups in total. The van der Waals surface area contributed by atoms with E-state index in [9.17, 15) is 29.4 Å². The third-order valence-electron chi connectivity index (χ3n) is 4.78. The molecule has 0 atom stereocenters. The number of hydrogen-bond acceptors (Lipinski definition) is 8. The minimum atomic E-state index is -1.57. The van der Waals surface area contributed by atoms with E-state index >= 15 is 0 Å². The third-order valence-corrected chi connectivity index (χ3v) is 5.54. The van der Waals surface area contributed by atoms with Gasteiger partial charge in [0.2, 0.25) is 0 Å². The molecule has 1 aromatic heterocycles. The number of hydrogen-bond donors (Lipinski definition) is 5. The van der Waals surface area contributed by atoms with Crippen LogP contribution in [0.25, 0.3) is 0 Å². The second kappa shape index (κ2) is 16.4. The van der Waals surface area contributed by atoms with Crippen LogP contribution in [0, 0.1) is 0 Å². The number of aromatic hydroxyl groups is 1. The molecule has 37 heavy (non-hydrogen) atoms. The predicted molar refractivity (Wildman–Crippen MR) is 139 cm³/mol. The molecule has 0 fully saturated rings. The number of aromatic carboxylic acids is 2. The van der Waals surface area contributed by atoms with Crippen molar-refractivity contribution in [3.63, 3.8) is 0 Å². The lowest BCUT2D eigenvalue weighted by atomic mass is 10.0. The number of carbonyl (C=O) groups excluding carboxylic acids is 2. The number of carboxylic acids is 2. The number of nitrogens with zero attached hydrogens (tertiary/aromatic N) is 2. The van der Waals surface area contributed by atoms with Crippen molar-refractivity contribution in [2.75, 3.05) is 18.4 Å². The Morgan fingerprint density at radius 3 is 1.92 bits per heavy atom. The summed E-state index contributed by atoms with van der Waals surface area (Å²) in [7, 11) is 0. The van der Waals surface area contributed by atoms with Crippen LogP contribution >= 0.6 is 23.7 Å². The molecule has 16 heteroatoms. The maximum absolute atomic E-state index is 12.5. The van der Waals surface area contributed by atoms with Crippen molar-refractivity contribution in [1.29, 1.82) is 0 Å². The molecule has 0 saturated carbocycles. The molecular weight excluding hydrogens is 536 g/mol. The van der Waals surface area contributed by atoms with Crippen molar-refractivity contribution in [3.05, 3.63) is 39.9 Å². The maximum Gasteiger partial charge on any atom is 0.336 e. The van der Waals surface area contributed by atoms with E-state index < -0.39 is 46.2 Å². The van der Waals surface area contributed by atoms with Gasteiger partial charge in [-0.25, -0.2) is 14.6 Å². The van der Waals surface area contributed by atoms with Gasteiger partial charge in [-0.1, -0.05) is 0 Å². The number of nitrogens with one attached hydrogen (secondary N) is 2. The van der Waals surface area contributed by atoms with Crippen LogP contribution in [0.2, 0.25) is 0 Å². The zero-order valence-corrected chi connectivity index (χ0v) is 22.1. The molecule has 0 unspecified atom stereocenters. The second-order valence-corrected chi connectivity index (χ2v) is 8.56. The van der Waals surface area contributed by atoms with Crippen molar-refractivity contribution >= 4 is 52.6 Å². The first-order valence-corrected chi connectivity index (χ1v) is 10.9. The number of anilines is 1. The van der Waals surface area contributed by atoms with Crippen molar-refractivity contribution in [3.8, 4) is 5.75 Å². The van der Waals surface area contributed by atoms with E-state index in [0.29, 0.717) is 31.2 Å². The average Bonchev–Trinajstić information content (AvgIpc) is 3.18. The molecule has 0 bridgehead atoms. The van der Waals surface area contributed by atoms with Gasteiger partial charge < -0.3 is 37.1 Å². The summed E-state index contributed by atoms with van der Waals surface area (Å²) in [5.74, 6) is -5.15. The zero-order valence-electron chi connectivity index (χ0n) is 20.5. The highest BCUT2D eigenvalue weighted by molar-refractivity contribution is 7.14. The SMILES string of the molecule is CC(C)N(CCNC(=O)c1csc(NC(=O)c2cc(C(=O)O)c(C(=O)O)cc2O)n1)C(C)C.Cl.O.O.O. The van der Waals surface area contributed by atoms with E-state index in [4.69, 9.17) is 5.11 Å². The van der Waals surface area contributed by atoms with Gasteiger partial charge in [0.1, 0.15) is 11.4 Å². The Balaban J connectivity index is -0.00000289. The van der Waals surface area contributed by atoms with E-state index in [1.807, 2.05) is 0 Å². The van der Waals surface area contributed by atoms with Crippen LogP contribution in [0.5, 0.6) is 5.75 Å². The molecule has 0 radical (unpaired) electrons. The molecule has 0 saturated heterocycles. The van der Waals surface area contributed by atoms with Gasteiger partial charge in [-0.2, -0.15) is 0 Å². The number of rotatable bonds is 10. The summed E-state index contributed by atoms with van der Waals surface area (Å²) in [4.78, 5) is 53.6. The Labute approximate surface area is 222 Å². The first-order valence-electron chi connectivity index (χ1n) is 10.1. The summed E-state index contributed by atoms with van der Waals surface area (Å²) in [6.07, 6.45) is 0. The van der Waals surface area contributed by atoms with Gasteiger partial charge in [-0.15, -0.1) is 23.7 Å². The maximum atomic E-state index is 12.5. The van der Waals surface area contributed by atoms with Crippen LogP contribution in [0.1, 0.15) is 69.3 Å². The molecule has 2 aromatic rings. The topological polar surface area (TPSA) is 264 Å². The van der Waals surface area contributed by atoms with Crippen LogP contribution < -0.4 is 10.6 Å². The Morgan fingerprint density at radius 1 is 0.919 bits per heavy atom. The molecule has 0 spiro atoms. The largest absolute Gasteiger partial charge is 0.507 e. The van der Waals surface area contributed by atoms with Gasteiger partial charge in [0.05, 0.1) is 16.7 Å². The predicted octanol–water partition coefficient (Wildman–Crippen LogP) is 0.294. The number of phenolic OH excluding ortho intramolecular Hbond substituents is 1. The fourth-order valence-electron chi connectivity index (χ4n) is 3.23. The molecule has 0 aliphatic heterocycles. The van der Waals surface area contributed by atoms with E-state index in [2.05, 4.69) is 48.2 Å². The molecule has 2 rings (SSSR count). The van der Waals surface area contributed by atoms with Crippen molar-refractivity contribution < 1.29 is 50.9 Å². The van der Waals surface area contributed by atoms with Crippen LogP contribution in [0.4, 0.5) is 5.13 Å². The Kier molecular flexibility index (Phi) is 16.9. The van der Waals surface area contributed by atoms with Crippen LogP contribution in [-0.2, 0) is 0 Å². The molecule has 210 valence electrons. The van der Waals surface area contributed by atoms with Crippen molar-refractivity contribution in [1.82, 2.24) is 15.2 Å². The summed E-state index contributed by atoms with van der Waals surface area (Å²) in [6, 6.07) is 2.11. The average molecular weight is 569 g/mol. The Hall–Kier alpha value is -3.34. The number of carbonyl (C=O) groups is 4. The normalized spacial score (nSPS) is 9.92. The molecule has 14 nitrogen and oxygen atoms in total. The Bertz CT molecular complexity index is 1070. The zero-order chi connectivity index (χ0) is 24.9. The van der Waals surface area contributed by atoms with E-state index in [-0.39, 0.29) is 39.7 Å². The number of phenols is 1. The monoisotopic (exact) mass is 568 g/mol. The molecule has 1 aromatic carbocycles. The summed E-state index contributed by atoms with van der Waals surface area (Å²) in [5.41, 5.74) is -1.66. The van der Waals surface area contributed by atoms with Gasteiger partial charge in [0.25, 0.3) is 11.8 Å². The first-order chi connectivity index (χ1) is 15.4. The van der Waals surface area contributed by atoms with Gasteiger partial charge in [0.15, 0.2) is 5.13 Å². The van der Waals surface area contributed by atoms with E-state index in [1.165, 1.54) is 5.38 Å². The number of aromatic nitrogens is 1. The van der Waals surface area contributed by atoms with Crippen LogP contribution in [0.3, 0.4) is 0 Å². The number of carboxylic acid groups (broad SMARTS) is 2. The lowest BCUT2D eigenvalue weighted by Crippen LogP contribution is -2.42. The smallest absolute Gasteiger partial charge is 0.336 e. The van der Waals surface area contributed by atoms with Gasteiger partial charge >= 0.3 is 11.9 Å². The summed E-state index contributed by atoms with van der Waals surface area (Å²) >= 11 is 0.968. The number of halogens is 1. The molecular formula is C21H33ClN4O10S. The fraction of sp³-hybridized carbons (Fsp3) is 0.381. The highest BCUT2D eigenvalue weighted by atomic mass is 35.5. The highest BCUT2D eigenvalue weighted by Crippen LogP contribution is 2.25. The minimum Gasteiger partial charge on any atom is -0.507 e. The van der Waals surface area contributed by atoms with Gasteiger partial charge in [0, 0.05) is 30.6 Å². The van der Waals surface area contributed by atoms with Gasteiger partial charge in [-0.05, 0) is 39.8 Å². The second-order valence-electron chi connectivity index (χ2n) is 7.70. The first kappa shape index (κ1) is 38.2. The molecule has 0 aliphatic carbocycles. The highest BCUT2D eigenvalue weighted by Gasteiger charge is 2.23. The molecule has 2 amide bonds. The number of benzene rings is 1. The van der Waals surface area contributed by atoms with Crippen molar-refractivity contribution in [2.45, 2.75) is 39.8 Å². The van der Waals surface area contributed by atoms with E-state index in [0.717, 1.165) is 17.4 Å². The standard InChI is InChI=1S/C21H26N4O7S.ClH.3H2O/c1-10(2)25(11(3)4)6-5-22-18(28)15-9-33-21(23-15)24-17(27)14-7-12(19(29)30)13(20(31)32)8-16(14)26;;;;/h7-11,26H,5-6H2,1-4H3,(H,22,28)(H,29,30)(H,31,32)(H,23,24,27);1H;3*1H2. The van der Waals surface area contributed by atoms with Crippen LogP contribution in [0.15, 0.2) is 17.5 Å². The molecule has 1 heterocycles. The lowest BCUT2D eigenvalue weighted by molar-refractivity contribution is 0.0651. The molecule has 0 aliphatic rings. The van der Waals surface area contributed by atoms with E-state index in [1.54, 1.807) is 0 Å². The fourth-order valence-corrected chi connectivity index (χ4v) is 3.91. The summed E-state index contributed by atoms with van der Waals surface area (Å²) < 4.78 is 0. The Morgan fingerprint density at radius 2 is 1.43 bits per heavy atom. The quantitative estimate of drug-likeness (QED) is 0.263. The number of amides is 2. The summed E-state index contributed by atoms with van der Waals surface area (Å²) in [6.45, 7) is 9.36. The minimum absolute atomic E-state index is 0. The van der Waals surface area contributed by atoms with Crippen molar-refractivity contribution in [2.24, 2.45) is 0 Å². The lowest BCUT2D eigenvalue weighted by Gasteiger charge is -2.30. The van der Waals surface area contributed by atoms with Crippen LogP contribution in [-0.4, -0.2) is 90.6 Å². The summed E-state index contributed by atoms with van der Waals surface area (Å²) in [5, 5.41) is 34.9.